The minimum atomic E-state index is 0.699. The highest BCUT2D eigenvalue weighted by molar-refractivity contribution is 5.89. The van der Waals surface area contributed by atoms with Gasteiger partial charge < -0.3 is 5.41 Å². The third-order valence-corrected chi connectivity index (χ3v) is 3.01. The van der Waals surface area contributed by atoms with Crippen molar-refractivity contribution in [3.8, 4) is 0 Å². The molecule has 0 bridgehead atoms. The Balaban J connectivity index is 2.30. The molecule has 1 nitrogen and oxygen atoms in total. The summed E-state index contributed by atoms with van der Waals surface area (Å²) in [6.07, 6.45) is 4.26. The second-order valence-corrected chi connectivity index (χ2v) is 4.02. The molecule has 0 heterocycles. The Morgan fingerprint density at radius 1 is 0.824 bits per heavy atom. The second kappa shape index (κ2) is 3.89. The number of benzene rings is 2. The Kier molecular flexibility index (Phi) is 2.25. The molecule has 2 aromatic rings. The molecule has 2 aromatic carbocycles. The molecule has 1 aliphatic carbocycles. The number of fused-ring (bicyclic) bond motifs is 1. The molecule has 1 aliphatic rings. The van der Waals surface area contributed by atoms with Crippen molar-refractivity contribution in [1.29, 1.82) is 0 Å². The van der Waals surface area contributed by atoms with E-state index in [1.165, 1.54) is 16.7 Å². The molecule has 0 fully saturated rings. The molecule has 0 spiro atoms. The smallest absolute Gasteiger partial charge is 0.00713 e. The molecular weight excluding hydrogens is 206 g/mol. The number of nitrogens with zero attached hydrogens (tertiary/aromatic N) is 1. The summed E-state index contributed by atoms with van der Waals surface area (Å²) in [5, 5.41) is 10.6. The third-order valence-electron chi connectivity index (χ3n) is 3.01. The Morgan fingerprint density at radius 2 is 1.59 bits per heavy atom. The molecule has 0 aliphatic heterocycles. The van der Waals surface area contributed by atoms with Crippen molar-refractivity contribution >= 4 is 17.5 Å². The maximum atomic E-state index is 8.78. The van der Waals surface area contributed by atoms with Crippen molar-refractivity contribution < 1.29 is 0 Å². The van der Waals surface area contributed by atoms with Gasteiger partial charge in [0.2, 0.25) is 0 Å². The number of rotatable bonds is 0. The highest BCUT2D eigenvalue weighted by atomic mass is 14.3. The van der Waals surface area contributed by atoms with Gasteiger partial charge in [-0.3, -0.25) is 5.87 Å². The van der Waals surface area contributed by atoms with Crippen LogP contribution in [0.4, 0.5) is 0 Å². The van der Waals surface area contributed by atoms with E-state index < -0.39 is 0 Å². The van der Waals surface area contributed by atoms with Crippen LogP contribution in [0.5, 0.6) is 0 Å². The molecular formula is C16H10N-. The van der Waals surface area contributed by atoms with Gasteiger partial charge in [0.05, 0.1) is 0 Å². The van der Waals surface area contributed by atoms with Gasteiger partial charge in [0.25, 0.3) is 0 Å². The summed E-state index contributed by atoms with van der Waals surface area (Å²) in [4.78, 5) is 0. The van der Waals surface area contributed by atoms with Crippen LogP contribution in [0.15, 0.2) is 54.6 Å². The second-order valence-electron chi connectivity index (χ2n) is 4.02. The van der Waals surface area contributed by atoms with Gasteiger partial charge >= 0.3 is 0 Å². The SMILES string of the molecule is [N-]=C=c1ccc(=C2C=Cc3ccccc32)cc1. The van der Waals surface area contributed by atoms with E-state index in [4.69, 9.17) is 5.41 Å². The highest BCUT2D eigenvalue weighted by Crippen LogP contribution is 2.26. The first kappa shape index (κ1) is 9.83. The standard InChI is InChI=1S/C16H10N/c17-11-12-5-7-14(8-6-12)16-10-9-13-3-1-2-4-15(13)16/h1-10H/q-1. The predicted molar refractivity (Wildman–Crippen MR) is 71.1 cm³/mol. The molecule has 3 rings (SSSR count). The minimum Gasteiger partial charge on any atom is -0.763 e. The van der Waals surface area contributed by atoms with Gasteiger partial charge in [0.1, 0.15) is 0 Å². The normalized spacial score (nSPS) is 12.4. The average molecular weight is 216 g/mol. The lowest BCUT2D eigenvalue weighted by atomic mass is 10.0. The average Bonchev–Trinajstić information content (AvgIpc) is 2.83. The van der Waals surface area contributed by atoms with E-state index in [-0.39, 0.29) is 0 Å². The summed E-state index contributed by atoms with van der Waals surface area (Å²) in [7, 11) is 0. The van der Waals surface area contributed by atoms with Crippen LogP contribution in [-0.2, 0) is 0 Å². The van der Waals surface area contributed by atoms with Crippen LogP contribution in [0.2, 0.25) is 0 Å². The lowest BCUT2D eigenvalue weighted by molar-refractivity contribution is 1.52. The molecule has 80 valence electrons. The van der Waals surface area contributed by atoms with Gasteiger partial charge in [-0.05, 0) is 39.3 Å². The molecule has 0 amide bonds. The van der Waals surface area contributed by atoms with Crippen LogP contribution in [0.25, 0.3) is 17.1 Å². The summed E-state index contributed by atoms with van der Waals surface area (Å²) in [5.41, 5.74) is 3.74. The van der Waals surface area contributed by atoms with Gasteiger partial charge in [-0.25, -0.2) is 0 Å². The molecule has 0 saturated heterocycles. The number of hydrogen-bond donors (Lipinski definition) is 0. The van der Waals surface area contributed by atoms with E-state index in [9.17, 15) is 0 Å². The zero-order valence-electron chi connectivity index (χ0n) is 9.22. The molecule has 0 unspecified atom stereocenters. The van der Waals surface area contributed by atoms with E-state index in [1.54, 1.807) is 0 Å². The molecule has 0 N–H and O–H groups in total. The fourth-order valence-electron chi connectivity index (χ4n) is 2.13. The lowest BCUT2D eigenvalue weighted by Gasteiger charge is -2.00. The highest BCUT2D eigenvalue weighted by Gasteiger charge is 2.08. The number of hydrogen-bond acceptors (Lipinski definition) is 0. The minimum absolute atomic E-state index is 0.699. The van der Waals surface area contributed by atoms with Crippen molar-refractivity contribution in [3.05, 3.63) is 81.6 Å². The van der Waals surface area contributed by atoms with Crippen molar-refractivity contribution in [2.75, 3.05) is 0 Å². The van der Waals surface area contributed by atoms with E-state index in [0.717, 1.165) is 5.22 Å². The van der Waals surface area contributed by atoms with Crippen LogP contribution in [0.1, 0.15) is 11.1 Å². The topological polar surface area (TPSA) is 22.3 Å². The van der Waals surface area contributed by atoms with Crippen molar-refractivity contribution in [1.82, 2.24) is 0 Å². The first-order valence-electron chi connectivity index (χ1n) is 5.53. The maximum Gasteiger partial charge on any atom is -0.00713 e. The van der Waals surface area contributed by atoms with Crippen LogP contribution < -0.4 is 10.4 Å². The fraction of sp³-hybridized carbons (Fsp3) is 0. The Morgan fingerprint density at radius 3 is 2.35 bits per heavy atom. The van der Waals surface area contributed by atoms with Gasteiger partial charge in [0, 0.05) is 0 Å². The maximum absolute atomic E-state index is 8.78. The molecule has 0 atom stereocenters. The van der Waals surface area contributed by atoms with E-state index in [2.05, 4.69) is 36.2 Å². The predicted octanol–water partition coefficient (Wildman–Crippen LogP) is 1.82. The van der Waals surface area contributed by atoms with Gasteiger partial charge in [0.15, 0.2) is 0 Å². The molecule has 0 aromatic heterocycles. The van der Waals surface area contributed by atoms with Crippen LogP contribution in [0, 0.1) is 0 Å². The summed E-state index contributed by atoms with van der Waals surface area (Å²) < 4.78 is 0. The lowest BCUT2D eigenvalue weighted by Crippen LogP contribution is -2.10. The first-order chi connectivity index (χ1) is 8.38. The molecule has 17 heavy (non-hydrogen) atoms. The molecule has 0 saturated carbocycles. The summed E-state index contributed by atoms with van der Waals surface area (Å²) in [5.74, 6) is 2.14. The summed E-state index contributed by atoms with van der Waals surface area (Å²) >= 11 is 0. The van der Waals surface area contributed by atoms with Crippen molar-refractivity contribution in [2.45, 2.75) is 0 Å². The first-order valence-corrected chi connectivity index (χ1v) is 5.53. The van der Waals surface area contributed by atoms with E-state index >= 15 is 0 Å². The van der Waals surface area contributed by atoms with Crippen molar-refractivity contribution in [3.63, 3.8) is 0 Å². The van der Waals surface area contributed by atoms with Gasteiger partial charge in [-0.15, -0.1) is 0 Å². The van der Waals surface area contributed by atoms with Crippen LogP contribution in [-0.4, -0.2) is 5.87 Å². The fourth-order valence-corrected chi connectivity index (χ4v) is 2.13. The monoisotopic (exact) mass is 216 g/mol. The Bertz CT molecular complexity index is 724. The Hall–Kier alpha value is -2.37. The van der Waals surface area contributed by atoms with E-state index in [0.29, 0.717) is 5.22 Å². The van der Waals surface area contributed by atoms with Crippen LogP contribution >= 0.6 is 0 Å². The largest absolute Gasteiger partial charge is 0.763 e. The van der Waals surface area contributed by atoms with Crippen LogP contribution in [0.3, 0.4) is 0 Å². The van der Waals surface area contributed by atoms with Gasteiger partial charge in [-0.1, -0.05) is 48.6 Å². The Labute approximate surface area is 99.6 Å². The summed E-state index contributed by atoms with van der Waals surface area (Å²) in [6.45, 7) is 0. The third kappa shape index (κ3) is 1.63. The number of allylic oxidation sites excluding steroid dienone is 1. The zero-order chi connectivity index (χ0) is 11.7. The molecule has 1 heteroatoms. The molecule has 0 radical (unpaired) electrons. The van der Waals surface area contributed by atoms with E-state index in [1.807, 2.05) is 30.3 Å². The quantitative estimate of drug-likeness (QED) is 0.599. The van der Waals surface area contributed by atoms with Gasteiger partial charge in [-0.2, -0.15) is 0 Å². The zero-order valence-corrected chi connectivity index (χ0v) is 9.22. The summed E-state index contributed by atoms with van der Waals surface area (Å²) in [6, 6.07) is 16.1. The van der Waals surface area contributed by atoms with Crippen molar-refractivity contribution in [2.24, 2.45) is 0 Å².